The van der Waals surface area contributed by atoms with Crippen molar-refractivity contribution in [1.82, 2.24) is 14.8 Å². The summed E-state index contributed by atoms with van der Waals surface area (Å²) in [6, 6.07) is 1.20. The van der Waals surface area contributed by atoms with E-state index in [9.17, 15) is 13.6 Å². The van der Waals surface area contributed by atoms with Crippen LogP contribution in [0.25, 0.3) is 0 Å². The molecule has 2 rings (SSSR count). The highest BCUT2D eigenvalue weighted by Gasteiger charge is 2.20. The Balaban J connectivity index is 1.96. The Kier molecular flexibility index (Phi) is 4.42. The van der Waals surface area contributed by atoms with E-state index in [1.54, 1.807) is 7.05 Å². The van der Waals surface area contributed by atoms with Gasteiger partial charge in [0.25, 0.3) is 5.91 Å². The predicted octanol–water partition coefficient (Wildman–Crippen LogP) is 1.53. The second-order valence-corrected chi connectivity index (χ2v) is 4.74. The summed E-state index contributed by atoms with van der Waals surface area (Å²) in [4.78, 5) is 18.8. The Bertz CT molecular complexity index is 461. The van der Waals surface area contributed by atoms with Crippen LogP contribution in [0, 0.1) is 11.8 Å². The molecule has 0 saturated carbocycles. The molecule has 1 aromatic rings. The Morgan fingerprint density at radius 1 is 1.42 bits per heavy atom. The summed E-state index contributed by atoms with van der Waals surface area (Å²) < 4.78 is 26.4. The fourth-order valence-corrected chi connectivity index (χ4v) is 2.19. The fraction of sp³-hybridized carbons (Fsp3) is 0.538. The smallest absolute Gasteiger partial charge is 0.256 e. The number of halogens is 2. The van der Waals surface area contributed by atoms with Crippen molar-refractivity contribution in [2.75, 3.05) is 33.2 Å². The zero-order chi connectivity index (χ0) is 13.8. The molecule has 1 fully saturated rings. The van der Waals surface area contributed by atoms with Gasteiger partial charge in [0, 0.05) is 26.3 Å². The number of likely N-dealkylation sites (tertiary alicyclic amines) is 1. The van der Waals surface area contributed by atoms with Gasteiger partial charge in [-0.1, -0.05) is 0 Å². The van der Waals surface area contributed by atoms with Crippen LogP contribution in [0.2, 0.25) is 0 Å². The van der Waals surface area contributed by atoms with E-state index >= 15 is 0 Å². The van der Waals surface area contributed by atoms with E-state index in [0.29, 0.717) is 6.54 Å². The van der Waals surface area contributed by atoms with Crippen molar-refractivity contribution in [3.63, 3.8) is 0 Å². The van der Waals surface area contributed by atoms with E-state index in [1.165, 1.54) is 23.8 Å². The third-order valence-electron chi connectivity index (χ3n) is 3.37. The van der Waals surface area contributed by atoms with Crippen molar-refractivity contribution in [1.29, 1.82) is 0 Å². The van der Waals surface area contributed by atoms with Crippen LogP contribution in [0.15, 0.2) is 12.3 Å². The molecule has 0 radical (unpaired) electrons. The van der Waals surface area contributed by atoms with Crippen LogP contribution < -0.4 is 0 Å². The molecule has 0 bridgehead atoms. The van der Waals surface area contributed by atoms with E-state index in [1.807, 2.05) is 0 Å². The first-order valence-electron chi connectivity index (χ1n) is 6.37. The van der Waals surface area contributed by atoms with E-state index in [2.05, 4.69) is 9.88 Å². The molecule has 0 aliphatic carbocycles. The molecule has 1 aromatic heterocycles. The normalized spacial score (nSPS) is 15.7. The zero-order valence-electron chi connectivity index (χ0n) is 10.9. The highest BCUT2D eigenvalue weighted by Crippen LogP contribution is 2.12. The van der Waals surface area contributed by atoms with Crippen molar-refractivity contribution >= 4 is 5.91 Å². The maximum Gasteiger partial charge on any atom is 0.256 e. The molecule has 1 aliphatic rings. The molecule has 2 heterocycles. The lowest BCUT2D eigenvalue weighted by Crippen LogP contribution is -2.35. The highest BCUT2D eigenvalue weighted by molar-refractivity contribution is 5.94. The third kappa shape index (κ3) is 3.26. The highest BCUT2D eigenvalue weighted by atomic mass is 19.2. The van der Waals surface area contributed by atoms with Crippen molar-refractivity contribution in [2.24, 2.45) is 0 Å². The summed E-state index contributed by atoms with van der Waals surface area (Å²) in [6.07, 6.45) is 3.46. The average molecular weight is 269 g/mol. The molecule has 0 spiro atoms. The maximum atomic E-state index is 13.5. The summed E-state index contributed by atoms with van der Waals surface area (Å²) in [5.41, 5.74) is -0.267. The quantitative estimate of drug-likeness (QED) is 0.778. The van der Waals surface area contributed by atoms with Gasteiger partial charge < -0.3 is 9.80 Å². The number of hydrogen-bond acceptors (Lipinski definition) is 3. The van der Waals surface area contributed by atoms with Gasteiger partial charge in [-0.05, 0) is 32.0 Å². The summed E-state index contributed by atoms with van der Waals surface area (Å²) in [5.74, 6) is -2.93. The summed E-state index contributed by atoms with van der Waals surface area (Å²) in [6.45, 7) is 3.35. The van der Waals surface area contributed by atoms with Crippen LogP contribution in [-0.2, 0) is 0 Å². The van der Waals surface area contributed by atoms with Gasteiger partial charge in [-0.2, -0.15) is 4.39 Å². The van der Waals surface area contributed by atoms with Crippen molar-refractivity contribution < 1.29 is 13.6 Å². The zero-order valence-corrected chi connectivity index (χ0v) is 10.9. The number of pyridine rings is 1. The average Bonchev–Trinajstić information content (AvgIpc) is 2.91. The van der Waals surface area contributed by atoms with Crippen LogP contribution in [0.3, 0.4) is 0 Å². The Morgan fingerprint density at radius 3 is 2.79 bits per heavy atom. The first-order valence-corrected chi connectivity index (χ1v) is 6.37. The Labute approximate surface area is 111 Å². The number of hydrogen-bond donors (Lipinski definition) is 0. The van der Waals surface area contributed by atoms with E-state index in [0.717, 1.165) is 25.8 Å². The monoisotopic (exact) mass is 269 g/mol. The molecule has 104 valence electrons. The van der Waals surface area contributed by atoms with Crippen molar-refractivity contribution in [3.8, 4) is 0 Å². The molecule has 1 aliphatic heterocycles. The molecular weight excluding hydrogens is 252 g/mol. The molecule has 0 aromatic carbocycles. The first kappa shape index (κ1) is 13.9. The minimum absolute atomic E-state index is 0.267. The van der Waals surface area contributed by atoms with Gasteiger partial charge in [0.05, 0.1) is 5.56 Å². The van der Waals surface area contributed by atoms with Crippen LogP contribution in [0.1, 0.15) is 23.2 Å². The molecule has 19 heavy (non-hydrogen) atoms. The standard InChI is InChI=1S/C13H17F2N3O/c1-17(8-9-18-6-2-3-7-18)13(19)10-4-5-16-12(15)11(10)14/h4-5H,2-3,6-9H2,1H3. The summed E-state index contributed by atoms with van der Waals surface area (Å²) in [7, 11) is 1.59. The minimum atomic E-state index is -1.24. The number of carbonyl (C=O) groups excluding carboxylic acids is 1. The summed E-state index contributed by atoms with van der Waals surface area (Å²) in [5, 5.41) is 0. The number of nitrogens with zero attached hydrogens (tertiary/aromatic N) is 3. The lowest BCUT2D eigenvalue weighted by atomic mass is 10.2. The molecule has 4 nitrogen and oxygen atoms in total. The number of carbonyl (C=O) groups is 1. The van der Waals surface area contributed by atoms with Crippen LogP contribution in [0.4, 0.5) is 8.78 Å². The van der Waals surface area contributed by atoms with Crippen LogP contribution in [-0.4, -0.2) is 53.9 Å². The van der Waals surface area contributed by atoms with Crippen molar-refractivity contribution in [2.45, 2.75) is 12.8 Å². The second-order valence-electron chi connectivity index (χ2n) is 4.74. The summed E-state index contributed by atoms with van der Waals surface area (Å²) >= 11 is 0. The van der Waals surface area contributed by atoms with Crippen molar-refractivity contribution in [3.05, 3.63) is 29.6 Å². The van der Waals surface area contributed by atoms with Gasteiger partial charge in [0.15, 0.2) is 5.82 Å². The topological polar surface area (TPSA) is 36.4 Å². The Morgan fingerprint density at radius 2 is 2.11 bits per heavy atom. The predicted molar refractivity (Wildman–Crippen MR) is 66.8 cm³/mol. The van der Waals surface area contributed by atoms with Gasteiger partial charge in [-0.3, -0.25) is 4.79 Å². The molecule has 6 heteroatoms. The molecule has 0 atom stereocenters. The number of rotatable bonds is 4. The third-order valence-corrected chi connectivity index (χ3v) is 3.37. The lowest BCUT2D eigenvalue weighted by Gasteiger charge is -2.21. The number of aromatic nitrogens is 1. The van der Waals surface area contributed by atoms with Crippen LogP contribution in [0.5, 0.6) is 0 Å². The van der Waals surface area contributed by atoms with Crippen LogP contribution >= 0.6 is 0 Å². The molecule has 0 N–H and O–H groups in total. The van der Waals surface area contributed by atoms with E-state index in [-0.39, 0.29) is 5.56 Å². The van der Waals surface area contributed by atoms with E-state index in [4.69, 9.17) is 0 Å². The van der Waals surface area contributed by atoms with Gasteiger partial charge in [0.1, 0.15) is 0 Å². The first-order chi connectivity index (χ1) is 9.09. The second kappa shape index (κ2) is 6.06. The van der Waals surface area contributed by atoms with E-state index < -0.39 is 17.7 Å². The Hall–Kier alpha value is -1.56. The largest absolute Gasteiger partial charge is 0.340 e. The molecule has 1 saturated heterocycles. The fourth-order valence-electron chi connectivity index (χ4n) is 2.19. The SMILES string of the molecule is CN(CCN1CCCC1)C(=O)c1ccnc(F)c1F. The lowest BCUT2D eigenvalue weighted by molar-refractivity contribution is 0.0776. The number of amides is 1. The molecule has 1 amide bonds. The number of likely N-dealkylation sites (N-methyl/N-ethyl adjacent to an activating group) is 1. The van der Waals surface area contributed by atoms with Gasteiger partial charge >= 0.3 is 0 Å². The molecular formula is C13H17F2N3O. The van der Waals surface area contributed by atoms with Gasteiger partial charge in [-0.15, -0.1) is 0 Å². The maximum absolute atomic E-state index is 13.5. The molecule has 0 unspecified atom stereocenters. The van der Waals surface area contributed by atoms with Gasteiger partial charge in [-0.25, -0.2) is 9.37 Å². The van der Waals surface area contributed by atoms with Gasteiger partial charge in [0.2, 0.25) is 5.95 Å². The minimum Gasteiger partial charge on any atom is -0.340 e.